The highest BCUT2D eigenvalue weighted by molar-refractivity contribution is 6.06. The Kier molecular flexibility index (Phi) is 3.80. The van der Waals surface area contributed by atoms with Gasteiger partial charge in [0, 0.05) is 17.7 Å². The molecule has 3 aromatic rings. The maximum Gasteiger partial charge on any atom is 0.225 e. The molecule has 0 saturated carbocycles. The van der Waals surface area contributed by atoms with Crippen molar-refractivity contribution in [1.29, 1.82) is 0 Å². The van der Waals surface area contributed by atoms with Crippen LogP contribution in [0.1, 0.15) is 23.5 Å². The van der Waals surface area contributed by atoms with Gasteiger partial charge in [-0.05, 0) is 28.6 Å². The average molecular weight is 333 g/mol. The summed E-state index contributed by atoms with van der Waals surface area (Å²) in [6.07, 6.45) is 0.417. The summed E-state index contributed by atoms with van der Waals surface area (Å²) in [6, 6.07) is 18.2. The third kappa shape index (κ3) is 2.60. The lowest BCUT2D eigenvalue weighted by Crippen LogP contribution is -2.23. The number of hydrogen-bond acceptors (Lipinski definition) is 3. The first-order valence-electron chi connectivity index (χ1n) is 8.24. The molecule has 4 rings (SSSR count). The molecule has 1 amide bonds. The Bertz CT molecular complexity index is 965. The van der Waals surface area contributed by atoms with E-state index in [1.807, 2.05) is 36.4 Å². The van der Waals surface area contributed by atoms with Gasteiger partial charge >= 0.3 is 0 Å². The van der Waals surface area contributed by atoms with E-state index >= 15 is 0 Å². The van der Waals surface area contributed by atoms with Crippen molar-refractivity contribution in [2.45, 2.75) is 12.3 Å². The predicted octanol–water partition coefficient (Wildman–Crippen LogP) is 4.33. The highest BCUT2D eigenvalue weighted by Gasteiger charge is 2.28. The van der Waals surface area contributed by atoms with Crippen molar-refractivity contribution >= 4 is 22.4 Å². The second-order valence-electron chi connectivity index (χ2n) is 6.17. The Balaban J connectivity index is 1.88. The van der Waals surface area contributed by atoms with Crippen LogP contribution in [0, 0.1) is 0 Å². The summed E-state index contributed by atoms with van der Waals surface area (Å²) in [7, 11) is 3.24. The Morgan fingerprint density at radius 1 is 0.960 bits per heavy atom. The average Bonchev–Trinajstić information content (AvgIpc) is 2.66. The van der Waals surface area contributed by atoms with Crippen LogP contribution in [0.3, 0.4) is 0 Å². The minimum atomic E-state index is -0.00633. The van der Waals surface area contributed by atoms with Gasteiger partial charge in [0.1, 0.15) is 0 Å². The van der Waals surface area contributed by atoms with Crippen LogP contribution in [0.5, 0.6) is 11.5 Å². The Morgan fingerprint density at radius 2 is 1.76 bits per heavy atom. The molecule has 126 valence electrons. The summed E-state index contributed by atoms with van der Waals surface area (Å²) in [5.41, 5.74) is 3.09. The van der Waals surface area contributed by atoms with E-state index in [1.165, 1.54) is 0 Å². The molecule has 0 bridgehead atoms. The molecule has 0 unspecified atom stereocenters. The van der Waals surface area contributed by atoms with E-state index in [0.717, 1.165) is 27.6 Å². The quantitative estimate of drug-likeness (QED) is 0.776. The molecule has 1 aliphatic heterocycles. The van der Waals surface area contributed by atoms with Crippen LogP contribution in [-0.2, 0) is 4.79 Å². The molecule has 1 aliphatic rings. The van der Waals surface area contributed by atoms with Crippen molar-refractivity contribution in [3.63, 3.8) is 0 Å². The lowest BCUT2D eigenvalue weighted by molar-refractivity contribution is -0.116. The van der Waals surface area contributed by atoms with Crippen LogP contribution in [0.2, 0.25) is 0 Å². The van der Waals surface area contributed by atoms with Gasteiger partial charge in [-0.1, -0.05) is 42.5 Å². The topological polar surface area (TPSA) is 47.6 Å². The number of nitrogens with one attached hydrogen (secondary N) is 1. The molecule has 0 fully saturated rings. The zero-order chi connectivity index (χ0) is 17.4. The van der Waals surface area contributed by atoms with Crippen LogP contribution >= 0.6 is 0 Å². The molecule has 0 radical (unpaired) electrons. The van der Waals surface area contributed by atoms with Crippen molar-refractivity contribution in [2.75, 3.05) is 19.5 Å². The second kappa shape index (κ2) is 6.13. The molecule has 0 aliphatic carbocycles. The van der Waals surface area contributed by atoms with Gasteiger partial charge in [0.15, 0.2) is 11.5 Å². The van der Waals surface area contributed by atoms with Gasteiger partial charge in [0.25, 0.3) is 0 Å². The smallest absolute Gasteiger partial charge is 0.225 e. The highest BCUT2D eigenvalue weighted by atomic mass is 16.5. The number of ether oxygens (including phenoxy) is 2. The number of carbonyl (C=O) groups excluding carboxylic acids is 1. The van der Waals surface area contributed by atoms with Crippen molar-refractivity contribution in [2.24, 2.45) is 0 Å². The molecule has 4 heteroatoms. The number of carbonyl (C=O) groups is 1. The van der Waals surface area contributed by atoms with E-state index in [0.29, 0.717) is 17.9 Å². The molecular weight excluding hydrogens is 314 g/mol. The molecule has 1 heterocycles. The summed E-state index contributed by atoms with van der Waals surface area (Å²) in [5, 5.41) is 5.25. The summed E-state index contributed by atoms with van der Waals surface area (Å²) in [5.74, 6) is 1.38. The van der Waals surface area contributed by atoms with Gasteiger partial charge in [-0.2, -0.15) is 0 Å². The minimum Gasteiger partial charge on any atom is -0.493 e. The van der Waals surface area contributed by atoms with Gasteiger partial charge < -0.3 is 14.8 Å². The standard InChI is InChI=1S/C21H19NO3/c1-24-18-10-8-14(11-19(18)25-2)17-12-20(23)22-21-15-6-4-3-5-13(15)7-9-16(17)21/h3-11,17H,12H2,1-2H3,(H,22,23)/t17-/m1/s1. The van der Waals surface area contributed by atoms with Gasteiger partial charge in [0.05, 0.1) is 19.9 Å². The van der Waals surface area contributed by atoms with Crippen molar-refractivity contribution in [1.82, 2.24) is 0 Å². The normalized spacial score (nSPS) is 16.2. The summed E-state index contributed by atoms with van der Waals surface area (Å²) in [4.78, 5) is 12.4. The molecule has 3 aromatic carbocycles. The van der Waals surface area contributed by atoms with Gasteiger partial charge in [-0.25, -0.2) is 0 Å². The lowest BCUT2D eigenvalue weighted by Gasteiger charge is -2.27. The first kappa shape index (κ1) is 15.5. The number of methoxy groups -OCH3 is 2. The molecule has 0 aromatic heterocycles. The molecular formula is C21H19NO3. The molecule has 4 nitrogen and oxygen atoms in total. The number of anilines is 1. The first-order valence-corrected chi connectivity index (χ1v) is 8.24. The minimum absolute atomic E-state index is 0.00633. The van der Waals surface area contributed by atoms with E-state index in [9.17, 15) is 4.79 Å². The first-order chi connectivity index (χ1) is 12.2. The fourth-order valence-corrected chi connectivity index (χ4v) is 3.57. The van der Waals surface area contributed by atoms with Crippen molar-refractivity contribution in [3.05, 3.63) is 65.7 Å². The lowest BCUT2D eigenvalue weighted by atomic mass is 9.83. The van der Waals surface area contributed by atoms with Crippen LogP contribution in [0.4, 0.5) is 5.69 Å². The maximum atomic E-state index is 12.4. The van der Waals surface area contributed by atoms with Crippen LogP contribution in [-0.4, -0.2) is 20.1 Å². The Labute approximate surface area is 146 Å². The zero-order valence-corrected chi connectivity index (χ0v) is 14.2. The Hall–Kier alpha value is -3.01. The largest absolute Gasteiger partial charge is 0.493 e. The molecule has 0 spiro atoms. The third-order valence-electron chi connectivity index (χ3n) is 4.80. The Morgan fingerprint density at radius 3 is 2.56 bits per heavy atom. The van der Waals surface area contributed by atoms with Crippen LogP contribution in [0.25, 0.3) is 10.8 Å². The molecule has 25 heavy (non-hydrogen) atoms. The summed E-state index contributed by atoms with van der Waals surface area (Å²) < 4.78 is 10.7. The van der Waals surface area contributed by atoms with E-state index in [-0.39, 0.29) is 11.8 Å². The number of fused-ring (bicyclic) bond motifs is 3. The van der Waals surface area contributed by atoms with Gasteiger partial charge in [0.2, 0.25) is 5.91 Å². The summed E-state index contributed by atoms with van der Waals surface area (Å²) in [6.45, 7) is 0. The van der Waals surface area contributed by atoms with Gasteiger partial charge in [-0.15, -0.1) is 0 Å². The van der Waals surface area contributed by atoms with E-state index in [1.54, 1.807) is 14.2 Å². The molecule has 1 N–H and O–H groups in total. The van der Waals surface area contributed by atoms with E-state index in [4.69, 9.17) is 9.47 Å². The maximum absolute atomic E-state index is 12.4. The van der Waals surface area contributed by atoms with Crippen LogP contribution in [0.15, 0.2) is 54.6 Å². The number of benzene rings is 3. The van der Waals surface area contributed by atoms with Crippen LogP contribution < -0.4 is 14.8 Å². The fourth-order valence-electron chi connectivity index (χ4n) is 3.57. The van der Waals surface area contributed by atoms with Crippen molar-refractivity contribution in [3.8, 4) is 11.5 Å². The number of amides is 1. The second-order valence-corrected chi connectivity index (χ2v) is 6.17. The number of hydrogen-bond donors (Lipinski definition) is 1. The predicted molar refractivity (Wildman–Crippen MR) is 98.6 cm³/mol. The summed E-state index contributed by atoms with van der Waals surface area (Å²) >= 11 is 0. The van der Waals surface area contributed by atoms with E-state index in [2.05, 4.69) is 23.5 Å². The SMILES string of the molecule is COc1ccc([C@H]2CC(=O)Nc3c2ccc2ccccc32)cc1OC. The van der Waals surface area contributed by atoms with Crippen molar-refractivity contribution < 1.29 is 14.3 Å². The fraction of sp³-hybridized carbons (Fsp3) is 0.190. The number of rotatable bonds is 3. The molecule has 0 saturated heterocycles. The van der Waals surface area contributed by atoms with Gasteiger partial charge in [-0.3, -0.25) is 4.79 Å². The third-order valence-corrected chi connectivity index (χ3v) is 4.80. The molecule has 1 atom stereocenters. The monoisotopic (exact) mass is 333 g/mol. The highest BCUT2D eigenvalue weighted by Crippen LogP contribution is 2.42. The van der Waals surface area contributed by atoms with E-state index < -0.39 is 0 Å². The zero-order valence-electron chi connectivity index (χ0n) is 14.2.